The fourth-order valence-corrected chi connectivity index (χ4v) is 4.36. The average molecular weight is 515 g/mol. The van der Waals surface area contributed by atoms with E-state index in [1.54, 1.807) is 0 Å². The Hall–Kier alpha value is -3.60. The number of anilines is 1. The smallest absolute Gasteiger partial charge is 0.323 e. The highest BCUT2D eigenvalue weighted by Gasteiger charge is 2.22. The van der Waals surface area contributed by atoms with Gasteiger partial charge in [-0.15, -0.1) is 0 Å². The summed E-state index contributed by atoms with van der Waals surface area (Å²) in [6, 6.07) is 23.6. The molecule has 1 N–H and O–H groups in total. The number of halogens is 1. The van der Waals surface area contributed by atoms with Crippen LogP contribution in [0.1, 0.15) is 16.7 Å². The van der Waals surface area contributed by atoms with Crippen molar-refractivity contribution in [3.8, 4) is 11.8 Å². The van der Waals surface area contributed by atoms with Crippen molar-refractivity contribution in [1.82, 2.24) is 15.0 Å². The Morgan fingerprint density at radius 2 is 1.76 bits per heavy atom. The van der Waals surface area contributed by atoms with Gasteiger partial charge in [0.05, 0.1) is 5.39 Å². The van der Waals surface area contributed by atoms with Gasteiger partial charge in [-0.25, -0.2) is 4.79 Å². The number of hydrogen-bond acceptors (Lipinski definition) is 4. The molecule has 1 saturated heterocycles. The third kappa shape index (κ3) is 5.14. The van der Waals surface area contributed by atoms with Gasteiger partial charge in [-0.05, 0) is 57.9 Å². The number of nitrogens with one attached hydrogen (secondary N) is 1. The molecular formula is C27H23BrN4O2. The van der Waals surface area contributed by atoms with Crippen LogP contribution in [0.4, 0.5) is 10.6 Å². The summed E-state index contributed by atoms with van der Waals surface area (Å²) in [5, 5.41) is 7.68. The molecule has 6 nitrogen and oxygen atoms in total. The van der Waals surface area contributed by atoms with Crippen LogP contribution < -0.4 is 5.32 Å². The molecule has 0 bridgehead atoms. The monoisotopic (exact) mass is 514 g/mol. The maximum atomic E-state index is 12.7. The minimum absolute atomic E-state index is 0.150. The zero-order chi connectivity index (χ0) is 23.3. The normalized spacial score (nSPS) is 14.0. The van der Waals surface area contributed by atoms with Crippen LogP contribution in [0, 0.1) is 11.8 Å². The van der Waals surface area contributed by atoms with Gasteiger partial charge in [-0.2, -0.15) is 0 Å². The Labute approximate surface area is 206 Å². The van der Waals surface area contributed by atoms with E-state index in [0.29, 0.717) is 24.5 Å². The van der Waals surface area contributed by atoms with Gasteiger partial charge in [0.25, 0.3) is 0 Å². The molecule has 0 saturated carbocycles. The second-order valence-electron chi connectivity index (χ2n) is 8.15. The van der Waals surface area contributed by atoms with E-state index in [0.717, 1.165) is 40.6 Å². The number of benzene rings is 3. The molecule has 0 aliphatic carbocycles. The predicted octanol–water partition coefficient (Wildman–Crippen LogP) is 5.34. The Morgan fingerprint density at radius 1 is 0.971 bits per heavy atom. The Morgan fingerprint density at radius 3 is 2.62 bits per heavy atom. The summed E-state index contributed by atoms with van der Waals surface area (Å²) >= 11 is 3.54. The molecule has 1 aliphatic heterocycles. The van der Waals surface area contributed by atoms with E-state index in [-0.39, 0.29) is 6.03 Å². The summed E-state index contributed by atoms with van der Waals surface area (Å²) in [4.78, 5) is 16.9. The molecular weight excluding hydrogens is 492 g/mol. The number of urea groups is 1. The molecule has 34 heavy (non-hydrogen) atoms. The summed E-state index contributed by atoms with van der Waals surface area (Å²) in [6.07, 6.45) is 0. The second kappa shape index (κ2) is 10.1. The molecule has 4 aromatic rings. The van der Waals surface area contributed by atoms with Crippen molar-refractivity contribution in [2.24, 2.45) is 0 Å². The number of amides is 2. The van der Waals surface area contributed by atoms with E-state index in [1.807, 2.05) is 65.6 Å². The quantitative estimate of drug-likeness (QED) is 0.375. The SMILES string of the molecule is O=C(Nc1noc2ccccc12)N1CCN(Cc2cccc(C#Cc3ccccc3Br)c2)CC1. The Bertz CT molecular complexity index is 1380. The van der Waals surface area contributed by atoms with Crippen LogP contribution in [0.3, 0.4) is 0 Å². The molecule has 170 valence electrons. The lowest BCUT2D eigenvalue weighted by Gasteiger charge is -2.34. The first-order valence-electron chi connectivity index (χ1n) is 11.1. The summed E-state index contributed by atoms with van der Waals surface area (Å²) in [7, 11) is 0. The molecule has 1 aromatic heterocycles. The van der Waals surface area contributed by atoms with Crippen LogP contribution in [0.15, 0.2) is 81.8 Å². The van der Waals surface area contributed by atoms with Crippen molar-refractivity contribution in [3.63, 3.8) is 0 Å². The number of nitrogens with zero attached hydrogens (tertiary/aromatic N) is 3. The number of hydrogen-bond donors (Lipinski definition) is 1. The van der Waals surface area contributed by atoms with Gasteiger partial charge >= 0.3 is 6.03 Å². The largest absolute Gasteiger partial charge is 0.354 e. The number of rotatable bonds is 3. The van der Waals surface area contributed by atoms with Crippen molar-refractivity contribution < 1.29 is 9.32 Å². The number of piperazine rings is 1. The van der Waals surface area contributed by atoms with Gasteiger partial charge in [0, 0.05) is 48.3 Å². The van der Waals surface area contributed by atoms with E-state index >= 15 is 0 Å². The van der Waals surface area contributed by atoms with Crippen LogP contribution in [-0.2, 0) is 6.54 Å². The minimum atomic E-state index is -0.150. The van der Waals surface area contributed by atoms with Gasteiger partial charge in [-0.1, -0.05) is 53.4 Å². The molecule has 0 spiro atoms. The van der Waals surface area contributed by atoms with Gasteiger partial charge in [0.1, 0.15) is 0 Å². The lowest BCUT2D eigenvalue weighted by Crippen LogP contribution is -2.49. The van der Waals surface area contributed by atoms with E-state index < -0.39 is 0 Å². The highest BCUT2D eigenvalue weighted by molar-refractivity contribution is 9.10. The summed E-state index contributed by atoms with van der Waals surface area (Å²) < 4.78 is 6.27. The van der Waals surface area contributed by atoms with Crippen LogP contribution in [0.5, 0.6) is 0 Å². The molecule has 3 aromatic carbocycles. The van der Waals surface area contributed by atoms with Crippen LogP contribution in [0.2, 0.25) is 0 Å². The fraction of sp³-hybridized carbons (Fsp3) is 0.185. The van der Waals surface area contributed by atoms with Crippen LogP contribution in [0.25, 0.3) is 11.0 Å². The Kier molecular flexibility index (Phi) is 6.61. The van der Waals surface area contributed by atoms with Crippen molar-refractivity contribution in [1.29, 1.82) is 0 Å². The first-order chi connectivity index (χ1) is 16.7. The highest BCUT2D eigenvalue weighted by Crippen LogP contribution is 2.22. The molecule has 1 aliphatic rings. The maximum absolute atomic E-state index is 12.7. The van der Waals surface area contributed by atoms with Crippen molar-refractivity contribution in [2.75, 3.05) is 31.5 Å². The molecule has 0 atom stereocenters. The van der Waals surface area contributed by atoms with E-state index in [2.05, 4.69) is 55.3 Å². The van der Waals surface area contributed by atoms with Gasteiger partial charge in [-0.3, -0.25) is 10.2 Å². The van der Waals surface area contributed by atoms with E-state index in [1.165, 1.54) is 5.56 Å². The number of aromatic nitrogens is 1. The number of para-hydroxylation sites is 1. The average Bonchev–Trinajstić information content (AvgIpc) is 3.27. The lowest BCUT2D eigenvalue weighted by molar-refractivity contribution is 0.143. The number of fused-ring (bicyclic) bond motifs is 1. The predicted molar refractivity (Wildman–Crippen MR) is 136 cm³/mol. The topological polar surface area (TPSA) is 61.6 Å². The summed E-state index contributed by atoms with van der Waals surface area (Å²) in [6.45, 7) is 3.75. The Balaban J connectivity index is 1.16. The minimum Gasteiger partial charge on any atom is -0.354 e. The molecule has 0 unspecified atom stereocenters. The van der Waals surface area contributed by atoms with E-state index in [9.17, 15) is 4.79 Å². The van der Waals surface area contributed by atoms with Gasteiger partial charge in [0.2, 0.25) is 0 Å². The van der Waals surface area contributed by atoms with Crippen LogP contribution in [-0.4, -0.2) is 47.2 Å². The standard InChI is InChI=1S/C27H23BrN4O2/c28-24-10-3-1-8-22(24)13-12-20-6-5-7-21(18-20)19-31-14-16-32(17-15-31)27(33)29-26-23-9-2-4-11-25(23)34-30-26/h1-11,18H,14-17,19H2,(H,29,30,33). The summed E-state index contributed by atoms with van der Waals surface area (Å²) in [5.41, 5.74) is 3.84. The molecule has 1 fully saturated rings. The molecule has 0 radical (unpaired) electrons. The first-order valence-corrected chi connectivity index (χ1v) is 11.9. The molecule has 5 rings (SSSR count). The van der Waals surface area contributed by atoms with Crippen molar-refractivity contribution >= 4 is 38.7 Å². The van der Waals surface area contributed by atoms with Crippen LogP contribution >= 0.6 is 15.9 Å². The second-order valence-corrected chi connectivity index (χ2v) is 9.01. The number of carbonyl (C=O) groups is 1. The third-order valence-electron chi connectivity index (χ3n) is 5.81. The fourth-order valence-electron chi connectivity index (χ4n) is 3.97. The highest BCUT2D eigenvalue weighted by atomic mass is 79.9. The van der Waals surface area contributed by atoms with Gasteiger partial charge < -0.3 is 9.42 Å². The zero-order valence-electron chi connectivity index (χ0n) is 18.5. The number of carbonyl (C=O) groups excluding carboxylic acids is 1. The van der Waals surface area contributed by atoms with Crippen molar-refractivity contribution in [3.05, 3.63) is 94.0 Å². The molecule has 2 heterocycles. The maximum Gasteiger partial charge on any atom is 0.323 e. The zero-order valence-corrected chi connectivity index (χ0v) is 20.1. The summed E-state index contributed by atoms with van der Waals surface area (Å²) in [5.74, 6) is 6.96. The van der Waals surface area contributed by atoms with Gasteiger partial charge in [0.15, 0.2) is 11.4 Å². The lowest BCUT2D eigenvalue weighted by atomic mass is 10.1. The molecule has 2 amide bonds. The molecule has 7 heteroatoms. The van der Waals surface area contributed by atoms with Crippen molar-refractivity contribution in [2.45, 2.75) is 6.54 Å². The van der Waals surface area contributed by atoms with E-state index in [4.69, 9.17) is 4.52 Å². The third-order valence-corrected chi connectivity index (χ3v) is 6.50. The first kappa shape index (κ1) is 22.2.